The highest BCUT2D eigenvalue weighted by Crippen LogP contribution is 2.20. The summed E-state index contributed by atoms with van der Waals surface area (Å²) in [5, 5.41) is 20.5. The molecule has 0 saturated carbocycles. The van der Waals surface area contributed by atoms with Crippen LogP contribution in [-0.4, -0.2) is 4.98 Å². The second-order valence-corrected chi connectivity index (χ2v) is 3.44. The normalized spacial score (nSPS) is 9.28. The quantitative estimate of drug-likeness (QED) is 0.872. The summed E-state index contributed by atoms with van der Waals surface area (Å²) in [7, 11) is 0. The van der Waals surface area contributed by atoms with Crippen LogP contribution in [0.4, 0.5) is 15.8 Å². The lowest BCUT2D eigenvalue weighted by Crippen LogP contribution is -1.96. The van der Waals surface area contributed by atoms with Crippen molar-refractivity contribution in [2.75, 3.05) is 5.32 Å². The van der Waals surface area contributed by atoms with E-state index < -0.39 is 5.82 Å². The van der Waals surface area contributed by atoms with Crippen LogP contribution >= 0.6 is 0 Å². The average Bonchev–Trinajstić information content (AvgIpc) is 2.41. The van der Waals surface area contributed by atoms with Gasteiger partial charge in [0, 0.05) is 11.9 Å². The maximum atomic E-state index is 13.1. The van der Waals surface area contributed by atoms with Gasteiger partial charge in [-0.1, -0.05) is 0 Å². The molecule has 5 heteroatoms. The molecule has 0 aliphatic rings. The Bertz CT molecular complexity index is 667. The first-order valence-corrected chi connectivity index (χ1v) is 5.06. The summed E-state index contributed by atoms with van der Waals surface area (Å²) >= 11 is 0. The predicted molar refractivity (Wildman–Crippen MR) is 63.3 cm³/mol. The van der Waals surface area contributed by atoms with E-state index in [0.717, 1.165) is 0 Å². The molecule has 0 amide bonds. The predicted octanol–water partition coefficient (Wildman–Crippen LogP) is 2.71. The van der Waals surface area contributed by atoms with Gasteiger partial charge in [0.2, 0.25) is 0 Å². The zero-order valence-corrected chi connectivity index (χ0v) is 9.18. The molecule has 0 aliphatic heterocycles. The third kappa shape index (κ3) is 2.26. The van der Waals surface area contributed by atoms with Gasteiger partial charge in [0.05, 0.1) is 11.3 Å². The number of hydrogen-bond donors (Lipinski definition) is 1. The lowest BCUT2D eigenvalue weighted by molar-refractivity contribution is 0.624. The van der Waals surface area contributed by atoms with E-state index in [1.54, 1.807) is 18.2 Å². The van der Waals surface area contributed by atoms with E-state index in [1.165, 1.54) is 24.4 Å². The van der Waals surface area contributed by atoms with E-state index in [-0.39, 0.29) is 11.3 Å². The standard InChI is InChI=1S/C13H7FN4/c14-11-4-3-10(6-9(11)7-15)18-12-2-1-5-17-13(12)8-16/h1-6,18H. The van der Waals surface area contributed by atoms with Crippen molar-refractivity contribution in [1.29, 1.82) is 10.5 Å². The van der Waals surface area contributed by atoms with Crippen LogP contribution in [0.3, 0.4) is 0 Å². The van der Waals surface area contributed by atoms with Crippen molar-refractivity contribution in [3.05, 3.63) is 53.6 Å². The number of hydrogen-bond acceptors (Lipinski definition) is 4. The van der Waals surface area contributed by atoms with Crippen LogP contribution < -0.4 is 5.32 Å². The van der Waals surface area contributed by atoms with Crippen molar-refractivity contribution >= 4 is 11.4 Å². The van der Waals surface area contributed by atoms with Crippen molar-refractivity contribution < 1.29 is 4.39 Å². The molecule has 0 unspecified atom stereocenters. The summed E-state index contributed by atoms with van der Waals surface area (Å²) in [6, 6.07) is 11.1. The first-order chi connectivity index (χ1) is 8.74. The Labute approximate surface area is 103 Å². The van der Waals surface area contributed by atoms with E-state index in [2.05, 4.69) is 10.3 Å². The summed E-state index contributed by atoms with van der Waals surface area (Å²) in [5.74, 6) is -0.574. The summed E-state index contributed by atoms with van der Waals surface area (Å²) in [4.78, 5) is 3.89. The largest absolute Gasteiger partial charge is 0.353 e. The van der Waals surface area contributed by atoms with E-state index in [9.17, 15) is 4.39 Å². The molecule has 4 nitrogen and oxygen atoms in total. The Morgan fingerprint density at radius 2 is 2.00 bits per heavy atom. The van der Waals surface area contributed by atoms with Crippen molar-refractivity contribution in [1.82, 2.24) is 4.98 Å². The highest BCUT2D eigenvalue weighted by molar-refractivity contribution is 5.65. The van der Waals surface area contributed by atoms with E-state index in [0.29, 0.717) is 11.4 Å². The van der Waals surface area contributed by atoms with Gasteiger partial charge >= 0.3 is 0 Å². The van der Waals surface area contributed by atoms with Gasteiger partial charge in [-0.05, 0) is 30.3 Å². The van der Waals surface area contributed by atoms with Crippen molar-refractivity contribution in [3.63, 3.8) is 0 Å². The van der Waals surface area contributed by atoms with Gasteiger partial charge in [-0.2, -0.15) is 10.5 Å². The smallest absolute Gasteiger partial charge is 0.163 e. The van der Waals surface area contributed by atoms with Crippen LogP contribution in [0.25, 0.3) is 0 Å². The molecule has 18 heavy (non-hydrogen) atoms. The molecule has 0 spiro atoms. The van der Waals surface area contributed by atoms with Crippen LogP contribution in [-0.2, 0) is 0 Å². The zero-order chi connectivity index (χ0) is 13.0. The number of pyridine rings is 1. The molecule has 0 bridgehead atoms. The van der Waals surface area contributed by atoms with E-state index in [4.69, 9.17) is 10.5 Å². The topological polar surface area (TPSA) is 72.5 Å². The van der Waals surface area contributed by atoms with Gasteiger partial charge in [0.1, 0.15) is 18.0 Å². The summed E-state index contributed by atoms with van der Waals surface area (Å²) in [5.41, 5.74) is 1.22. The molecule has 0 aliphatic carbocycles. The molecular formula is C13H7FN4. The maximum absolute atomic E-state index is 13.1. The van der Waals surface area contributed by atoms with Crippen LogP contribution in [0.2, 0.25) is 0 Å². The first kappa shape index (κ1) is 11.6. The molecule has 1 N–H and O–H groups in total. The summed E-state index contributed by atoms with van der Waals surface area (Å²) in [6.45, 7) is 0. The van der Waals surface area contributed by atoms with Gasteiger partial charge in [-0.15, -0.1) is 0 Å². The molecule has 1 aromatic carbocycles. The molecule has 1 aromatic heterocycles. The van der Waals surface area contributed by atoms with Gasteiger partial charge in [0.15, 0.2) is 5.69 Å². The Morgan fingerprint density at radius 3 is 2.72 bits per heavy atom. The fourth-order valence-electron chi connectivity index (χ4n) is 1.44. The maximum Gasteiger partial charge on any atom is 0.163 e. The number of aromatic nitrogens is 1. The highest BCUT2D eigenvalue weighted by Gasteiger charge is 2.05. The van der Waals surface area contributed by atoms with Crippen molar-refractivity contribution in [2.24, 2.45) is 0 Å². The number of nitriles is 2. The zero-order valence-electron chi connectivity index (χ0n) is 9.18. The number of rotatable bonds is 2. The van der Waals surface area contributed by atoms with Crippen LogP contribution in [0.5, 0.6) is 0 Å². The van der Waals surface area contributed by atoms with Crippen LogP contribution in [0, 0.1) is 28.5 Å². The molecule has 1 heterocycles. The SMILES string of the molecule is N#Cc1cc(Nc2cccnc2C#N)ccc1F. The van der Waals surface area contributed by atoms with Gasteiger partial charge in [-0.25, -0.2) is 9.37 Å². The van der Waals surface area contributed by atoms with E-state index >= 15 is 0 Å². The Balaban J connectivity index is 2.36. The molecule has 0 saturated heterocycles. The minimum absolute atomic E-state index is 0.0533. The van der Waals surface area contributed by atoms with Crippen molar-refractivity contribution in [3.8, 4) is 12.1 Å². The summed E-state index contributed by atoms with van der Waals surface area (Å²) < 4.78 is 13.1. The minimum Gasteiger partial charge on any atom is -0.353 e. The number of halogens is 1. The molecule has 0 fully saturated rings. The molecule has 0 atom stereocenters. The van der Waals surface area contributed by atoms with Crippen molar-refractivity contribution in [2.45, 2.75) is 0 Å². The van der Waals surface area contributed by atoms with Crippen LogP contribution in [0.1, 0.15) is 11.3 Å². The Morgan fingerprint density at radius 1 is 1.17 bits per heavy atom. The molecule has 2 aromatic rings. The summed E-state index contributed by atoms with van der Waals surface area (Å²) in [6.07, 6.45) is 1.51. The van der Waals surface area contributed by atoms with Gasteiger partial charge in [-0.3, -0.25) is 0 Å². The van der Waals surface area contributed by atoms with Gasteiger partial charge in [0.25, 0.3) is 0 Å². The van der Waals surface area contributed by atoms with E-state index in [1.807, 2.05) is 6.07 Å². The highest BCUT2D eigenvalue weighted by atomic mass is 19.1. The number of nitrogens with one attached hydrogen (secondary N) is 1. The Kier molecular flexibility index (Phi) is 3.17. The first-order valence-electron chi connectivity index (χ1n) is 5.06. The second-order valence-electron chi connectivity index (χ2n) is 3.44. The molecule has 86 valence electrons. The molecule has 2 rings (SSSR count). The van der Waals surface area contributed by atoms with Gasteiger partial charge < -0.3 is 5.32 Å². The molecule has 0 radical (unpaired) electrons. The molecular weight excluding hydrogens is 231 g/mol. The number of anilines is 2. The monoisotopic (exact) mass is 238 g/mol. The number of benzene rings is 1. The fraction of sp³-hybridized carbons (Fsp3) is 0. The second kappa shape index (κ2) is 4.94. The number of nitrogens with zero attached hydrogens (tertiary/aromatic N) is 3. The van der Waals surface area contributed by atoms with Crippen LogP contribution in [0.15, 0.2) is 36.5 Å². The average molecular weight is 238 g/mol. The third-order valence-corrected chi connectivity index (χ3v) is 2.28. The lowest BCUT2D eigenvalue weighted by Gasteiger charge is -2.07. The Hall–Kier alpha value is -2.92. The third-order valence-electron chi connectivity index (χ3n) is 2.28. The lowest BCUT2D eigenvalue weighted by atomic mass is 10.2. The fourth-order valence-corrected chi connectivity index (χ4v) is 1.44. The minimum atomic E-state index is -0.574.